The number of nitrogen functional groups attached to an aromatic ring is 1. The van der Waals surface area contributed by atoms with Gasteiger partial charge in [-0.15, -0.1) is 11.3 Å². The normalized spacial score (nSPS) is 11.0. The molecule has 130 valence electrons. The van der Waals surface area contributed by atoms with Crippen LogP contribution in [0.25, 0.3) is 21.5 Å². The average molecular weight is 414 g/mol. The minimum atomic E-state index is -0.464. The molecule has 2 N–H and O–H groups in total. The molecule has 5 nitrogen and oxygen atoms in total. The molecule has 3 rings (SSSR count). The zero-order valence-corrected chi connectivity index (χ0v) is 16.4. The van der Waals surface area contributed by atoms with E-state index in [9.17, 15) is 4.79 Å². The van der Waals surface area contributed by atoms with Crippen LogP contribution in [0.15, 0.2) is 23.4 Å². The van der Waals surface area contributed by atoms with Crippen molar-refractivity contribution in [3.63, 3.8) is 0 Å². The minimum absolute atomic E-state index is 0.272. The molecule has 0 unspecified atom stereocenters. The molecule has 0 amide bonds. The van der Waals surface area contributed by atoms with Gasteiger partial charge in [0.15, 0.2) is 5.16 Å². The van der Waals surface area contributed by atoms with Gasteiger partial charge in [0.1, 0.15) is 9.71 Å². The van der Waals surface area contributed by atoms with E-state index < -0.39 is 5.97 Å². The highest BCUT2D eigenvalue weighted by molar-refractivity contribution is 7.98. The maximum atomic E-state index is 12.2. The molecule has 0 aliphatic carbocycles. The summed E-state index contributed by atoms with van der Waals surface area (Å²) in [7, 11) is 0. The second kappa shape index (κ2) is 7.37. The predicted octanol–water partition coefficient (Wildman–Crippen LogP) is 5.15. The van der Waals surface area contributed by atoms with Gasteiger partial charge in [-0.05, 0) is 25.3 Å². The van der Waals surface area contributed by atoms with Crippen LogP contribution in [-0.2, 0) is 4.74 Å². The van der Waals surface area contributed by atoms with E-state index in [1.54, 1.807) is 25.1 Å². The number of rotatable bonds is 4. The number of hydrogen-bond donors (Lipinski definition) is 1. The van der Waals surface area contributed by atoms with E-state index in [1.807, 2.05) is 6.26 Å². The summed E-state index contributed by atoms with van der Waals surface area (Å²) >= 11 is 14.7. The number of halogens is 2. The van der Waals surface area contributed by atoms with E-state index in [0.717, 1.165) is 5.56 Å². The van der Waals surface area contributed by atoms with Crippen molar-refractivity contribution in [3.8, 4) is 11.3 Å². The molecular formula is C16H13Cl2N3O2S2. The van der Waals surface area contributed by atoms with Crippen molar-refractivity contribution >= 4 is 68.2 Å². The lowest BCUT2D eigenvalue weighted by Crippen LogP contribution is -2.05. The molecule has 0 saturated heterocycles. The van der Waals surface area contributed by atoms with E-state index in [4.69, 9.17) is 33.7 Å². The largest absolute Gasteiger partial charge is 0.462 e. The van der Waals surface area contributed by atoms with Crippen molar-refractivity contribution in [1.29, 1.82) is 0 Å². The lowest BCUT2D eigenvalue weighted by Gasteiger charge is -2.07. The van der Waals surface area contributed by atoms with Crippen LogP contribution in [0.2, 0.25) is 10.0 Å². The SMILES string of the molecule is CCOC(=O)c1sc2nc(SC)nc(-c3ccc(Cl)c(Cl)c3)c2c1N. The Hall–Kier alpha value is -1.54. The van der Waals surface area contributed by atoms with Crippen molar-refractivity contribution in [1.82, 2.24) is 9.97 Å². The van der Waals surface area contributed by atoms with Gasteiger partial charge in [-0.25, -0.2) is 14.8 Å². The average Bonchev–Trinajstić information content (AvgIpc) is 2.93. The first-order chi connectivity index (χ1) is 12.0. The van der Waals surface area contributed by atoms with Crippen LogP contribution in [0.3, 0.4) is 0 Å². The number of nitrogens with zero attached hydrogens (tertiary/aromatic N) is 2. The number of thiophene rings is 1. The van der Waals surface area contributed by atoms with Crippen molar-refractivity contribution < 1.29 is 9.53 Å². The van der Waals surface area contributed by atoms with E-state index in [1.165, 1.54) is 23.1 Å². The van der Waals surface area contributed by atoms with Gasteiger partial charge >= 0.3 is 5.97 Å². The first-order valence-electron chi connectivity index (χ1n) is 7.22. The molecule has 25 heavy (non-hydrogen) atoms. The zero-order chi connectivity index (χ0) is 18.1. The van der Waals surface area contributed by atoms with Gasteiger partial charge in [0, 0.05) is 5.56 Å². The lowest BCUT2D eigenvalue weighted by atomic mass is 10.1. The quantitative estimate of drug-likeness (QED) is 0.362. The molecule has 0 aliphatic heterocycles. The molecule has 0 saturated carbocycles. The summed E-state index contributed by atoms with van der Waals surface area (Å²) < 4.78 is 5.07. The zero-order valence-electron chi connectivity index (χ0n) is 13.3. The highest BCUT2D eigenvalue weighted by Gasteiger charge is 2.23. The minimum Gasteiger partial charge on any atom is -0.462 e. The molecule has 3 aromatic rings. The molecule has 0 aliphatic rings. The van der Waals surface area contributed by atoms with Crippen LogP contribution in [-0.4, -0.2) is 28.8 Å². The number of ether oxygens (including phenoxy) is 1. The molecule has 2 heterocycles. The second-order valence-corrected chi connectivity index (χ2v) is 7.52. The summed E-state index contributed by atoms with van der Waals surface area (Å²) in [6.45, 7) is 2.02. The van der Waals surface area contributed by atoms with E-state index in [0.29, 0.717) is 41.7 Å². The summed E-state index contributed by atoms with van der Waals surface area (Å²) in [4.78, 5) is 22.1. The fraction of sp³-hybridized carbons (Fsp3) is 0.188. The summed E-state index contributed by atoms with van der Waals surface area (Å²) in [5, 5.41) is 2.05. The number of carbonyl (C=O) groups excluding carboxylic acids is 1. The molecule has 0 fully saturated rings. The van der Waals surface area contributed by atoms with Crippen LogP contribution in [0.1, 0.15) is 16.6 Å². The maximum absolute atomic E-state index is 12.2. The van der Waals surface area contributed by atoms with Crippen molar-refractivity contribution in [2.24, 2.45) is 0 Å². The van der Waals surface area contributed by atoms with E-state index >= 15 is 0 Å². The van der Waals surface area contributed by atoms with Gasteiger partial charge in [-0.2, -0.15) is 0 Å². The van der Waals surface area contributed by atoms with E-state index in [2.05, 4.69) is 9.97 Å². The Morgan fingerprint density at radius 1 is 1.32 bits per heavy atom. The van der Waals surface area contributed by atoms with Crippen LogP contribution in [0.4, 0.5) is 5.69 Å². The highest BCUT2D eigenvalue weighted by atomic mass is 35.5. The number of anilines is 1. The Morgan fingerprint density at radius 3 is 2.72 bits per heavy atom. The van der Waals surface area contributed by atoms with Gasteiger partial charge < -0.3 is 10.5 Å². The summed E-state index contributed by atoms with van der Waals surface area (Å²) in [5.74, 6) is -0.464. The van der Waals surface area contributed by atoms with Gasteiger partial charge in [-0.1, -0.05) is 41.0 Å². The molecule has 0 spiro atoms. The van der Waals surface area contributed by atoms with Gasteiger partial charge in [0.2, 0.25) is 0 Å². The number of aromatic nitrogens is 2. The summed E-state index contributed by atoms with van der Waals surface area (Å²) in [6, 6.07) is 5.22. The molecule has 1 aromatic carbocycles. The number of benzene rings is 1. The third-order valence-electron chi connectivity index (χ3n) is 3.40. The topological polar surface area (TPSA) is 78.1 Å². The van der Waals surface area contributed by atoms with Gasteiger partial charge in [0.05, 0.1) is 33.4 Å². The second-order valence-electron chi connectivity index (χ2n) is 4.93. The predicted molar refractivity (Wildman–Crippen MR) is 105 cm³/mol. The number of esters is 1. The Labute approximate surface area is 162 Å². The number of nitrogens with two attached hydrogens (primary N) is 1. The van der Waals surface area contributed by atoms with Crippen LogP contribution >= 0.6 is 46.3 Å². The molecule has 9 heteroatoms. The van der Waals surface area contributed by atoms with Gasteiger partial charge in [0.25, 0.3) is 0 Å². The van der Waals surface area contributed by atoms with Crippen LogP contribution < -0.4 is 5.73 Å². The van der Waals surface area contributed by atoms with Crippen molar-refractivity contribution in [2.45, 2.75) is 12.1 Å². The Kier molecular flexibility index (Phi) is 5.38. The summed E-state index contributed by atoms with van der Waals surface area (Å²) in [6.07, 6.45) is 1.88. The lowest BCUT2D eigenvalue weighted by molar-refractivity contribution is 0.0533. The van der Waals surface area contributed by atoms with Crippen LogP contribution in [0, 0.1) is 0 Å². The molecule has 2 aromatic heterocycles. The molecule has 0 atom stereocenters. The smallest absolute Gasteiger partial charge is 0.350 e. The fourth-order valence-electron chi connectivity index (χ4n) is 2.29. The highest BCUT2D eigenvalue weighted by Crippen LogP contribution is 2.40. The number of hydrogen-bond acceptors (Lipinski definition) is 7. The molecular weight excluding hydrogens is 401 g/mol. The molecule has 0 radical (unpaired) electrons. The molecule has 0 bridgehead atoms. The summed E-state index contributed by atoms with van der Waals surface area (Å²) in [5.41, 5.74) is 7.90. The monoisotopic (exact) mass is 413 g/mol. The van der Waals surface area contributed by atoms with Crippen molar-refractivity contribution in [3.05, 3.63) is 33.1 Å². The first-order valence-corrected chi connectivity index (χ1v) is 10.0. The third kappa shape index (κ3) is 3.42. The number of carbonyl (C=O) groups is 1. The Balaban J connectivity index is 2.29. The number of thioether (sulfide) groups is 1. The van der Waals surface area contributed by atoms with Gasteiger partial charge in [-0.3, -0.25) is 0 Å². The van der Waals surface area contributed by atoms with Crippen molar-refractivity contribution in [2.75, 3.05) is 18.6 Å². The third-order valence-corrected chi connectivity index (χ3v) is 5.77. The maximum Gasteiger partial charge on any atom is 0.350 e. The van der Waals surface area contributed by atoms with Crippen LogP contribution in [0.5, 0.6) is 0 Å². The van der Waals surface area contributed by atoms with E-state index in [-0.39, 0.29) is 6.61 Å². The Morgan fingerprint density at radius 2 is 2.08 bits per heavy atom. The number of fused-ring (bicyclic) bond motifs is 1. The first kappa shape index (κ1) is 18.3. The standard InChI is InChI=1S/C16H13Cl2N3O2S2/c1-3-23-15(22)13-11(19)10-12(7-4-5-8(17)9(18)6-7)20-16(24-2)21-14(10)25-13/h4-6H,3,19H2,1-2H3. The Bertz CT molecular complexity index is 976. The fourth-order valence-corrected chi connectivity index (χ4v) is 4.00.